The van der Waals surface area contributed by atoms with Crippen LogP contribution in [-0.4, -0.2) is 10.7 Å². The van der Waals surface area contributed by atoms with Gasteiger partial charge in [0.05, 0.1) is 20.4 Å². The summed E-state index contributed by atoms with van der Waals surface area (Å²) in [4.78, 5) is 2.63. The molecule has 7 heteroatoms. The minimum atomic E-state index is -4.69. The van der Waals surface area contributed by atoms with Crippen molar-refractivity contribution >= 4 is 21.6 Å². The van der Waals surface area contributed by atoms with E-state index in [9.17, 15) is 0 Å². The highest BCUT2D eigenvalue weighted by molar-refractivity contribution is 8.16. The van der Waals surface area contributed by atoms with Crippen molar-refractivity contribution in [3.8, 4) is 0 Å². The molecule has 2 N–H and O–H groups in total. The van der Waals surface area contributed by atoms with Crippen molar-refractivity contribution in [1.82, 2.24) is 5.32 Å². The Labute approximate surface area is 218 Å². The highest BCUT2D eigenvalue weighted by Gasteiger charge is 2.35. The lowest BCUT2D eigenvalue weighted by molar-refractivity contribution is -1.92. The van der Waals surface area contributed by atoms with Gasteiger partial charge in [0.25, 0.3) is 0 Å². The third-order valence-corrected chi connectivity index (χ3v) is 7.50. The van der Waals surface area contributed by atoms with Gasteiger partial charge in [0.15, 0.2) is 0 Å². The smallest absolute Gasteiger partial charge is 0.0837 e. The fraction of sp³-hybridized carbons (Fsp3) is 0.241. The number of thioether (sulfide) groups is 1. The fourth-order valence-electron chi connectivity index (χ4n) is 4.75. The van der Waals surface area contributed by atoms with Crippen LogP contribution in [0.1, 0.15) is 48.8 Å². The highest BCUT2D eigenvalue weighted by Crippen LogP contribution is 2.48. The van der Waals surface area contributed by atoms with Crippen LogP contribution < -0.4 is 19.3 Å². The molecule has 188 valence electrons. The molecule has 5 rings (SSSR count). The molecule has 3 aromatic carbocycles. The lowest BCUT2D eigenvalue weighted by Crippen LogP contribution is -2.58. The topological polar surface area (TPSA) is 101 Å². The number of nitrogens with one attached hydrogen (secondary N) is 1. The van der Waals surface area contributed by atoms with Gasteiger partial charge < -0.3 is 0 Å². The summed E-state index contributed by atoms with van der Waals surface area (Å²) in [6, 6.07) is 33.1. The monoisotopic (exact) mass is 523 g/mol. The molecule has 3 aromatic rings. The van der Waals surface area contributed by atoms with Crippen LogP contribution in [0, 0.1) is 10.2 Å². The Hall–Kier alpha value is -2.42. The summed E-state index contributed by atoms with van der Waals surface area (Å²) in [6.45, 7) is 0. The molecule has 0 aromatic heterocycles. The van der Waals surface area contributed by atoms with Crippen LogP contribution in [0.5, 0.6) is 0 Å². The van der Waals surface area contributed by atoms with Crippen molar-refractivity contribution < 1.29 is 28.9 Å². The average molecular weight is 524 g/mol. The third-order valence-electron chi connectivity index (χ3n) is 6.35. The first kappa shape index (κ1) is 26.6. The molecule has 1 fully saturated rings. The molecular weight excluding hydrogens is 494 g/mol. The maximum Gasteiger partial charge on any atom is 0.0837 e. The molecule has 0 radical (unpaired) electrons. The van der Waals surface area contributed by atoms with Gasteiger partial charge in [-0.25, -0.2) is 0 Å². The third kappa shape index (κ3) is 7.54. The van der Waals surface area contributed by atoms with Crippen LogP contribution in [0.15, 0.2) is 103 Å². The van der Waals surface area contributed by atoms with E-state index in [0.29, 0.717) is 6.04 Å². The van der Waals surface area contributed by atoms with Gasteiger partial charge in [-0.15, -0.1) is 0 Å². The zero-order valence-corrected chi connectivity index (χ0v) is 21.5. The van der Waals surface area contributed by atoms with E-state index >= 15 is 0 Å². The number of benzene rings is 3. The summed E-state index contributed by atoms with van der Waals surface area (Å²) in [5.41, 5.74) is 3.55. The van der Waals surface area contributed by atoms with Gasteiger partial charge in [-0.05, 0) is 41.7 Å². The van der Waals surface area contributed by atoms with Gasteiger partial charge in [0, 0.05) is 15.9 Å². The lowest BCUT2D eigenvalue weighted by Gasteiger charge is -2.39. The summed E-state index contributed by atoms with van der Waals surface area (Å²) in [6.07, 6.45) is 11.4. The van der Waals surface area contributed by atoms with Crippen molar-refractivity contribution in [3.05, 3.63) is 120 Å². The van der Waals surface area contributed by atoms with Crippen LogP contribution in [0.2, 0.25) is 0 Å². The molecule has 5 nitrogen and oxygen atoms in total. The Balaban J connectivity index is 0.000000556. The van der Waals surface area contributed by atoms with E-state index in [-0.39, 0.29) is 5.54 Å². The van der Waals surface area contributed by atoms with Gasteiger partial charge >= 0.3 is 0 Å². The molecule has 2 aliphatic rings. The van der Waals surface area contributed by atoms with Crippen LogP contribution in [0.3, 0.4) is 0 Å². The number of hydrogen-bond donors (Lipinski definition) is 2. The maximum atomic E-state index is 8.60. The number of hydrogen-bond acceptors (Lipinski definition) is 6. The van der Waals surface area contributed by atoms with E-state index in [1.165, 1.54) is 58.6 Å². The molecule has 0 atom stereocenters. The molecule has 0 saturated heterocycles. The van der Waals surface area contributed by atoms with Crippen molar-refractivity contribution in [3.63, 3.8) is 0 Å². The Bertz CT molecular complexity index is 1100. The Morgan fingerprint density at radius 3 is 1.56 bits per heavy atom. The number of rotatable bonds is 5. The van der Waals surface area contributed by atoms with E-state index in [4.69, 9.17) is 18.6 Å². The highest BCUT2D eigenvalue weighted by atomic mass is 35.7. The molecule has 1 aliphatic carbocycles. The normalized spacial score (nSPS) is 17.9. The largest absolute Gasteiger partial charge is 0.298 e. The first-order chi connectivity index (χ1) is 17.3. The summed E-state index contributed by atoms with van der Waals surface area (Å²) in [5.74, 6) is 0. The van der Waals surface area contributed by atoms with Gasteiger partial charge in [0.1, 0.15) is 0 Å². The van der Waals surface area contributed by atoms with Crippen molar-refractivity contribution in [2.45, 2.75) is 43.7 Å². The Morgan fingerprint density at radius 1 is 0.694 bits per heavy atom. The van der Waals surface area contributed by atoms with Crippen molar-refractivity contribution in [2.75, 3.05) is 0 Å². The molecule has 1 saturated carbocycles. The zero-order chi connectivity index (χ0) is 25.4. The fourth-order valence-corrected chi connectivity index (χ4v) is 5.99. The van der Waals surface area contributed by atoms with Gasteiger partial charge in [0.2, 0.25) is 0 Å². The quantitative estimate of drug-likeness (QED) is 0.530. The SMILES string of the molecule is C1=C(c2ccccc2)SC(c2ccccc2)=CC1(NC1CCCCC1)c1ccccc1.[O-][Cl+3]([O-])([O-])O. The van der Waals surface area contributed by atoms with E-state index in [0.717, 1.165) is 0 Å². The molecular formula is C29H30ClNO4S. The van der Waals surface area contributed by atoms with Crippen LogP contribution in [0.4, 0.5) is 0 Å². The van der Waals surface area contributed by atoms with E-state index < -0.39 is 10.2 Å². The molecule has 36 heavy (non-hydrogen) atoms. The second-order valence-electron chi connectivity index (χ2n) is 8.96. The van der Waals surface area contributed by atoms with E-state index in [2.05, 4.69) is 108 Å². The second-order valence-corrected chi connectivity index (χ2v) is 10.8. The zero-order valence-electron chi connectivity index (χ0n) is 19.9. The molecule has 1 heterocycles. The predicted molar refractivity (Wildman–Crippen MR) is 137 cm³/mol. The maximum absolute atomic E-state index is 8.60. The molecule has 1 aliphatic heterocycles. The van der Waals surface area contributed by atoms with Crippen LogP contribution >= 0.6 is 11.8 Å². The molecule has 0 unspecified atom stereocenters. The average Bonchev–Trinajstić information content (AvgIpc) is 2.90. The van der Waals surface area contributed by atoms with Crippen molar-refractivity contribution in [1.29, 1.82) is 0 Å². The minimum absolute atomic E-state index is 0.315. The first-order valence-corrected chi connectivity index (χ1v) is 14.1. The van der Waals surface area contributed by atoms with E-state index in [1.54, 1.807) is 0 Å². The molecule has 0 bridgehead atoms. The van der Waals surface area contributed by atoms with Gasteiger partial charge in [-0.1, -0.05) is 122 Å². The second kappa shape index (κ2) is 12.2. The Morgan fingerprint density at radius 2 is 1.11 bits per heavy atom. The van der Waals surface area contributed by atoms with Crippen LogP contribution in [-0.2, 0) is 5.54 Å². The lowest BCUT2D eigenvalue weighted by atomic mass is 9.84. The standard InChI is InChI=1S/C29H29NS.ClHO4/c1-5-13-23(14-6-1)27-21-29(25-17-9-3-10-18-25,30-26-19-11-4-12-20-26)22-28(31-27)24-15-7-2-8-16-24;2-1(3,4)5/h1-3,5-10,13-18,21-22,26,30H,4,11-12,19-20H2;(H,2,3,4,5). The van der Waals surface area contributed by atoms with Gasteiger partial charge in [-0.3, -0.25) is 5.32 Å². The van der Waals surface area contributed by atoms with Crippen LogP contribution in [0.25, 0.3) is 9.81 Å². The first-order valence-electron chi connectivity index (χ1n) is 12.0. The minimum Gasteiger partial charge on any atom is -0.298 e. The summed E-state index contributed by atoms with van der Waals surface area (Å²) >= 11 is 1.88. The Kier molecular flexibility index (Phi) is 9.04. The summed E-state index contributed by atoms with van der Waals surface area (Å²) < 4.78 is 32.7. The number of halogens is 1. The van der Waals surface area contributed by atoms with Crippen molar-refractivity contribution in [2.24, 2.45) is 0 Å². The molecule has 0 amide bonds. The summed E-state index contributed by atoms with van der Waals surface area (Å²) in [5, 5.41) is 4.12. The summed E-state index contributed by atoms with van der Waals surface area (Å²) in [7, 11) is -4.69. The predicted octanol–water partition coefficient (Wildman–Crippen LogP) is 3.51. The molecule has 0 spiro atoms. The van der Waals surface area contributed by atoms with E-state index in [1.807, 2.05) is 11.8 Å². The van der Waals surface area contributed by atoms with Gasteiger partial charge in [-0.2, -0.15) is 14.0 Å².